The Balaban J connectivity index is 2.06. The zero-order chi connectivity index (χ0) is 18.8. The van der Waals surface area contributed by atoms with Gasteiger partial charge >= 0.3 is 0 Å². The normalized spacial score (nSPS) is 13.0. The Kier molecular flexibility index (Phi) is 7.55. The van der Waals surface area contributed by atoms with Crippen LogP contribution in [0.25, 0.3) is 16.5 Å². The van der Waals surface area contributed by atoms with Crippen LogP contribution in [0.5, 0.6) is 11.5 Å². The van der Waals surface area contributed by atoms with Crippen LogP contribution in [-0.4, -0.2) is 26.4 Å². The van der Waals surface area contributed by atoms with Crippen LogP contribution in [0.2, 0.25) is 0 Å². The molecule has 0 aromatic heterocycles. The third-order valence-electron chi connectivity index (χ3n) is 3.90. The number of methoxy groups -OCH3 is 2. The van der Waals surface area contributed by atoms with Crippen molar-refractivity contribution in [2.24, 2.45) is 5.11 Å². The molecule has 136 valence electrons. The van der Waals surface area contributed by atoms with Crippen LogP contribution in [0.3, 0.4) is 0 Å². The van der Waals surface area contributed by atoms with Crippen molar-refractivity contribution in [3.05, 3.63) is 76.2 Å². The predicted molar refractivity (Wildman–Crippen MR) is 102 cm³/mol. The molecule has 0 amide bonds. The molecule has 2 rings (SSSR count). The SMILES string of the molecule is COc1ccc(/C=C/[C@H](OCc2ccc(OC)cc2)[C@@H](C)N=[N+]=[N-])cc1. The van der Waals surface area contributed by atoms with E-state index >= 15 is 0 Å². The molecule has 0 radical (unpaired) electrons. The number of nitrogens with zero attached hydrogens (tertiary/aromatic N) is 3. The van der Waals surface area contributed by atoms with Gasteiger partial charge in [-0.2, -0.15) is 0 Å². The second-order valence-electron chi connectivity index (χ2n) is 5.70. The Bertz CT molecular complexity index is 751. The molecule has 0 aliphatic heterocycles. The second-order valence-corrected chi connectivity index (χ2v) is 5.70. The van der Waals surface area contributed by atoms with Gasteiger partial charge in [0.25, 0.3) is 0 Å². The van der Waals surface area contributed by atoms with Crippen molar-refractivity contribution in [1.82, 2.24) is 0 Å². The van der Waals surface area contributed by atoms with E-state index < -0.39 is 0 Å². The average molecular weight is 353 g/mol. The van der Waals surface area contributed by atoms with Gasteiger partial charge in [-0.25, -0.2) is 0 Å². The molecule has 0 saturated heterocycles. The molecular weight excluding hydrogens is 330 g/mol. The highest BCUT2D eigenvalue weighted by molar-refractivity contribution is 5.51. The number of hydrogen-bond acceptors (Lipinski definition) is 4. The summed E-state index contributed by atoms with van der Waals surface area (Å²) in [6.07, 6.45) is 3.52. The standard InChI is InChI=1S/C20H23N3O3/c1-15(22-23-21)20(13-8-16-4-9-18(24-2)10-5-16)26-14-17-6-11-19(25-3)12-7-17/h4-13,15,20H,14H2,1-3H3/b13-8+/t15-,20+/m1/s1. The summed E-state index contributed by atoms with van der Waals surface area (Å²) >= 11 is 0. The van der Waals surface area contributed by atoms with Gasteiger partial charge in [-0.15, -0.1) is 0 Å². The fourth-order valence-electron chi connectivity index (χ4n) is 2.34. The minimum Gasteiger partial charge on any atom is -0.497 e. The lowest BCUT2D eigenvalue weighted by Crippen LogP contribution is -2.22. The van der Waals surface area contributed by atoms with Crippen molar-refractivity contribution in [1.29, 1.82) is 0 Å². The lowest BCUT2D eigenvalue weighted by Gasteiger charge is -2.18. The largest absolute Gasteiger partial charge is 0.497 e. The summed E-state index contributed by atoms with van der Waals surface area (Å²) in [5.74, 6) is 1.60. The molecule has 0 unspecified atom stereocenters. The van der Waals surface area contributed by atoms with Crippen molar-refractivity contribution in [2.75, 3.05) is 14.2 Å². The van der Waals surface area contributed by atoms with Crippen molar-refractivity contribution in [3.63, 3.8) is 0 Å². The van der Waals surface area contributed by atoms with Crippen LogP contribution in [0.1, 0.15) is 18.1 Å². The monoisotopic (exact) mass is 353 g/mol. The maximum atomic E-state index is 8.72. The molecule has 0 saturated carbocycles. The molecule has 0 aliphatic rings. The number of ether oxygens (including phenoxy) is 3. The Hall–Kier alpha value is -2.95. The molecule has 0 spiro atoms. The van der Waals surface area contributed by atoms with Gasteiger partial charge in [-0.1, -0.05) is 48.5 Å². The summed E-state index contributed by atoms with van der Waals surface area (Å²) in [5, 5.41) is 3.77. The number of benzene rings is 2. The summed E-state index contributed by atoms with van der Waals surface area (Å²) < 4.78 is 16.3. The van der Waals surface area contributed by atoms with E-state index in [4.69, 9.17) is 19.7 Å². The van der Waals surface area contributed by atoms with Crippen LogP contribution in [-0.2, 0) is 11.3 Å². The van der Waals surface area contributed by atoms with E-state index in [9.17, 15) is 0 Å². The minimum atomic E-state index is -0.338. The van der Waals surface area contributed by atoms with Crippen LogP contribution in [0.4, 0.5) is 0 Å². The lowest BCUT2D eigenvalue weighted by molar-refractivity contribution is 0.0594. The zero-order valence-electron chi connectivity index (χ0n) is 15.2. The van der Waals surface area contributed by atoms with Gasteiger partial charge in [0.15, 0.2) is 0 Å². The third-order valence-corrected chi connectivity index (χ3v) is 3.90. The lowest BCUT2D eigenvalue weighted by atomic mass is 10.1. The van der Waals surface area contributed by atoms with Gasteiger partial charge < -0.3 is 14.2 Å². The number of hydrogen-bond donors (Lipinski definition) is 0. The zero-order valence-corrected chi connectivity index (χ0v) is 15.2. The maximum Gasteiger partial charge on any atom is 0.118 e. The van der Waals surface area contributed by atoms with E-state index in [2.05, 4.69) is 10.0 Å². The molecular formula is C20H23N3O3. The first kappa shape index (κ1) is 19.4. The van der Waals surface area contributed by atoms with Gasteiger partial charge in [0.1, 0.15) is 11.5 Å². The molecule has 2 aromatic rings. The number of rotatable bonds is 9. The van der Waals surface area contributed by atoms with E-state index in [0.717, 1.165) is 22.6 Å². The summed E-state index contributed by atoms with van der Waals surface area (Å²) in [6.45, 7) is 2.24. The molecule has 0 heterocycles. The van der Waals surface area contributed by atoms with E-state index in [1.807, 2.05) is 67.6 Å². The molecule has 6 heteroatoms. The molecule has 26 heavy (non-hydrogen) atoms. The Morgan fingerprint density at radius 2 is 1.58 bits per heavy atom. The van der Waals surface area contributed by atoms with Crippen molar-refractivity contribution in [2.45, 2.75) is 25.7 Å². The first-order valence-corrected chi connectivity index (χ1v) is 8.27. The maximum absolute atomic E-state index is 8.72. The molecule has 0 aliphatic carbocycles. The second kappa shape index (κ2) is 10.1. The summed E-state index contributed by atoms with van der Waals surface area (Å²) in [4.78, 5) is 2.89. The quantitative estimate of drug-likeness (QED) is 0.361. The van der Waals surface area contributed by atoms with Gasteiger partial charge in [-0.3, -0.25) is 0 Å². The van der Waals surface area contributed by atoms with E-state index in [-0.39, 0.29) is 12.1 Å². The van der Waals surface area contributed by atoms with E-state index in [1.54, 1.807) is 14.2 Å². The first-order chi connectivity index (χ1) is 12.7. The average Bonchev–Trinajstić information content (AvgIpc) is 2.69. The van der Waals surface area contributed by atoms with Crippen molar-refractivity contribution in [3.8, 4) is 11.5 Å². The Morgan fingerprint density at radius 1 is 1.00 bits per heavy atom. The number of azide groups is 1. The summed E-state index contributed by atoms with van der Waals surface area (Å²) in [6, 6.07) is 15.0. The highest BCUT2D eigenvalue weighted by Gasteiger charge is 2.14. The predicted octanol–water partition coefficient (Wildman–Crippen LogP) is 5.00. The molecule has 0 N–H and O–H groups in total. The fraction of sp³-hybridized carbons (Fsp3) is 0.300. The highest BCUT2D eigenvalue weighted by Crippen LogP contribution is 2.17. The van der Waals surface area contributed by atoms with E-state index in [0.29, 0.717) is 6.61 Å². The van der Waals surface area contributed by atoms with Crippen molar-refractivity contribution >= 4 is 6.08 Å². The van der Waals surface area contributed by atoms with E-state index in [1.165, 1.54) is 0 Å². The third kappa shape index (κ3) is 5.84. The summed E-state index contributed by atoms with van der Waals surface area (Å²) in [5.41, 5.74) is 10.7. The Morgan fingerprint density at radius 3 is 2.12 bits per heavy atom. The summed E-state index contributed by atoms with van der Waals surface area (Å²) in [7, 11) is 3.27. The van der Waals surface area contributed by atoms with Gasteiger partial charge in [0, 0.05) is 4.91 Å². The van der Waals surface area contributed by atoms with Crippen LogP contribution in [0, 0.1) is 0 Å². The van der Waals surface area contributed by atoms with Gasteiger partial charge in [0.2, 0.25) is 0 Å². The Labute approximate surface area is 153 Å². The molecule has 2 atom stereocenters. The topological polar surface area (TPSA) is 76.5 Å². The first-order valence-electron chi connectivity index (χ1n) is 8.27. The van der Waals surface area contributed by atoms with Crippen molar-refractivity contribution < 1.29 is 14.2 Å². The molecule has 0 fully saturated rings. The smallest absolute Gasteiger partial charge is 0.118 e. The van der Waals surface area contributed by atoms with Crippen LogP contribution >= 0.6 is 0 Å². The minimum absolute atomic E-state index is 0.326. The molecule has 6 nitrogen and oxygen atoms in total. The van der Waals surface area contributed by atoms with Gasteiger partial charge in [0.05, 0.1) is 33.0 Å². The molecule has 2 aromatic carbocycles. The van der Waals surface area contributed by atoms with Gasteiger partial charge in [-0.05, 0) is 40.9 Å². The fourth-order valence-corrected chi connectivity index (χ4v) is 2.34. The van der Waals surface area contributed by atoms with Crippen LogP contribution in [0.15, 0.2) is 59.7 Å². The molecule has 0 bridgehead atoms. The highest BCUT2D eigenvalue weighted by atomic mass is 16.5. The van der Waals surface area contributed by atoms with Crippen LogP contribution < -0.4 is 9.47 Å².